The van der Waals surface area contributed by atoms with E-state index in [1.165, 1.54) is 57.8 Å². The summed E-state index contributed by atoms with van der Waals surface area (Å²) < 4.78 is 0. The van der Waals surface area contributed by atoms with Gasteiger partial charge in [0.15, 0.2) is 0 Å². The van der Waals surface area contributed by atoms with Crippen molar-refractivity contribution in [2.45, 2.75) is 158 Å². The molecule has 3 unspecified atom stereocenters. The fraction of sp³-hybridized carbons (Fsp3) is 1.00. The van der Waals surface area contributed by atoms with Crippen LogP contribution >= 0.6 is 7.92 Å². The minimum Gasteiger partial charge on any atom is -0.290 e. The summed E-state index contributed by atoms with van der Waals surface area (Å²) in [7, 11) is 0.227. The van der Waals surface area contributed by atoms with E-state index in [1.807, 2.05) is 0 Å². The highest BCUT2D eigenvalue weighted by Gasteiger charge is 2.50. The highest BCUT2D eigenvalue weighted by molar-refractivity contribution is 7.59. The second kappa shape index (κ2) is 9.68. The van der Waals surface area contributed by atoms with Crippen molar-refractivity contribution in [1.82, 2.24) is 4.90 Å². The maximum atomic E-state index is 3.30. The molecule has 0 aromatic rings. The minimum absolute atomic E-state index is 0.227. The number of nitrogens with zero attached hydrogens (tertiary/aromatic N) is 1. The van der Waals surface area contributed by atoms with Gasteiger partial charge in [0, 0.05) is 17.9 Å². The van der Waals surface area contributed by atoms with E-state index in [9.17, 15) is 0 Å². The van der Waals surface area contributed by atoms with Gasteiger partial charge in [-0.3, -0.25) is 4.90 Å². The standard InChI is InChI=1S/C26H46NP/c1-4-13-22(14-5-1)27-25-19-11-10-12-21(25)20-26(27)28(23-15-6-2-7-16-23)24-17-8-3-9-18-24/h21-26H,1-20H2. The van der Waals surface area contributed by atoms with E-state index in [2.05, 4.69) is 4.90 Å². The van der Waals surface area contributed by atoms with Crippen LogP contribution in [-0.4, -0.2) is 34.1 Å². The molecule has 5 aliphatic rings. The average Bonchev–Trinajstić information content (AvgIpc) is 3.15. The third kappa shape index (κ3) is 4.23. The van der Waals surface area contributed by atoms with Gasteiger partial charge in [0.2, 0.25) is 0 Å². The van der Waals surface area contributed by atoms with Gasteiger partial charge in [-0.05, 0) is 75.0 Å². The summed E-state index contributed by atoms with van der Waals surface area (Å²) in [4.78, 5) is 3.30. The molecule has 1 saturated heterocycles. The summed E-state index contributed by atoms with van der Waals surface area (Å²) in [6.07, 6.45) is 31.2. The quantitative estimate of drug-likeness (QED) is 0.429. The van der Waals surface area contributed by atoms with E-state index in [-0.39, 0.29) is 7.92 Å². The van der Waals surface area contributed by atoms with Crippen molar-refractivity contribution in [2.24, 2.45) is 5.92 Å². The average molecular weight is 404 g/mol. The van der Waals surface area contributed by atoms with E-state index < -0.39 is 0 Å². The molecule has 3 atom stereocenters. The molecule has 4 saturated carbocycles. The highest BCUT2D eigenvalue weighted by atomic mass is 31.1. The lowest BCUT2D eigenvalue weighted by Gasteiger charge is -2.48. The lowest BCUT2D eigenvalue weighted by atomic mass is 9.84. The van der Waals surface area contributed by atoms with Crippen molar-refractivity contribution in [3.8, 4) is 0 Å². The van der Waals surface area contributed by atoms with E-state index >= 15 is 0 Å². The molecule has 5 rings (SSSR count). The van der Waals surface area contributed by atoms with Crippen LogP contribution in [0.5, 0.6) is 0 Å². The van der Waals surface area contributed by atoms with Gasteiger partial charge in [-0.15, -0.1) is 0 Å². The third-order valence-electron chi connectivity index (χ3n) is 9.44. The second-order valence-corrected chi connectivity index (χ2v) is 14.0. The summed E-state index contributed by atoms with van der Waals surface area (Å²) in [5.41, 5.74) is 2.28. The molecule has 0 radical (unpaired) electrons. The topological polar surface area (TPSA) is 3.24 Å². The van der Waals surface area contributed by atoms with E-state index in [0.29, 0.717) is 0 Å². The molecule has 1 nitrogen and oxygen atoms in total. The van der Waals surface area contributed by atoms with Gasteiger partial charge in [-0.2, -0.15) is 0 Å². The van der Waals surface area contributed by atoms with Crippen LogP contribution in [0.25, 0.3) is 0 Å². The monoisotopic (exact) mass is 403 g/mol. The second-order valence-electron chi connectivity index (χ2n) is 11.1. The zero-order valence-corrected chi connectivity index (χ0v) is 19.4. The molecule has 0 spiro atoms. The van der Waals surface area contributed by atoms with Crippen molar-refractivity contribution < 1.29 is 0 Å². The van der Waals surface area contributed by atoms with Crippen LogP contribution in [0.3, 0.4) is 0 Å². The molecule has 1 heterocycles. The van der Waals surface area contributed by atoms with Gasteiger partial charge in [0.25, 0.3) is 0 Å². The molecule has 4 aliphatic carbocycles. The number of rotatable bonds is 4. The Morgan fingerprint density at radius 1 is 0.500 bits per heavy atom. The van der Waals surface area contributed by atoms with E-state index in [0.717, 1.165) is 35.1 Å². The molecule has 160 valence electrons. The van der Waals surface area contributed by atoms with Crippen LogP contribution in [0.4, 0.5) is 0 Å². The predicted molar refractivity (Wildman–Crippen MR) is 124 cm³/mol. The number of fused-ring (bicyclic) bond motifs is 1. The molecule has 28 heavy (non-hydrogen) atoms. The Morgan fingerprint density at radius 3 is 1.61 bits per heavy atom. The SMILES string of the molecule is C1CCC(N2C3CCCCC3CC2P(C2CCCCC2)C2CCCCC2)CC1. The maximum absolute atomic E-state index is 3.30. The van der Waals surface area contributed by atoms with Gasteiger partial charge >= 0.3 is 0 Å². The maximum Gasteiger partial charge on any atom is 0.0310 e. The van der Waals surface area contributed by atoms with Gasteiger partial charge in [-0.1, -0.05) is 78.6 Å². The van der Waals surface area contributed by atoms with E-state index in [1.54, 1.807) is 70.6 Å². The molecule has 0 bridgehead atoms. The zero-order valence-electron chi connectivity index (χ0n) is 18.5. The van der Waals surface area contributed by atoms with Crippen LogP contribution < -0.4 is 0 Å². The van der Waals surface area contributed by atoms with Crippen LogP contribution in [0.1, 0.15) is 128 Å². The van der Waals surface area contributed by atoms with Crippen LogP contribution in [0.2, 0.25) is 0 Å². The lowest BCUT2D eigenvalue weighted by Crippen LogP contribution is -2.47. The Labute approximate surface area is 176 Å². The molecule has 2 heteroatoms. The first-order valence-electron chi connectivity index (χ1n) is 13.5. The molecule has 0 amide bonds. The highest BCUT2D eigenvalue weighted by Crippen LogP contribution is 2.64. The summed E-state index contributed by atoms with van der Waals surface area (Å²) in [6, 6.07) is 1.98. The molecule has 1 aliphatic heterocycles. The molecule has 0 aromatic carbocycles. The van der Waals surface area contributed by atoms with Crippen molar-refractivity contribution in [1.29, 1.82) is 0 Å². The molecule has 0 aromatic heterocycles. The summed E-state index contributed by atoms with van der Waals surface area (Å²) >= 11 is 0. The Balaban J connectivity index is 1.43. The molecular weight excluding hydrogens is 357 g/mol. The van der Waals surface area contributed by atoms with Gasteiger partial charge in [-0.25, -0.2) is 0 Å². The van der Waals surface area contributed by atoms with Crippen molar-refractivity contribution in [2.75, 3.05) is 0 Å². The van der Waals surface area contributed by atoms with Crippen LogP contribution in [0, 0.1) is 5.92 Å². The number of hydrogen-bond acceptors (Lipinski definition) is 1. The Kier molecular flexibility index (Phi) is 7.02. The third-order valence-corrected chi connectivity index (χ3v) is 13.3. The smallest absolute Gasteiger partial charge is 0.0310 e. The van der Waals surface area contributed by atoms with Crippen LogP contribution in [0.15, 0.2) is 0 Å². The predicted octanol–water partition coefficient (Wildman–Crippen LogP) is 8.06. The Bertz CT molecular complexity index is 457. The Morgan fingerprint density at radius 2 is 1.00 bits per heavy atom. The minimum atomic E-state index is 0.227. The van der Waals surface area contributed by atoms with Crippen molar-refractivity contribution in [3.63, 3.8) is 0 Å². The lowest BCUT2D eigenvalue weighted by molar-refractivity contribution is 0.0964. The fourth-order valence-corrected chi connectivity index (χ4v) is 12.9. The largest absolute Gasteiger partial charge is 0.290 e. The van der Waals surface area contributed by atoms with Gasteiger partial charge < -0.3 is 0 Å². The van der Waals surface area contributed by atoms with Gasteiger partial charge in [0.1, 0.15) is 0 Å². The number of hydrogen-bond donors (Lipinski definition) is 0. The fourth-order valence-electron chi connectivity index (χ4n) is 8.18. The van der Waals surface area contributed by atoms with Crippen molar-refractivity contribution >= 4 is 7.92 Å². The first kappa shape index (κ1) is 20.3. The van der Waals surface area contributed by atoms with Crippen molar-refractivity contribution in [3.05, 3.63) is 0 Å². The summed E-state index contributed by atoms with van der Waals surface area (Å²) in [6.45, 7) is 0. The number of likely N-dealkylation sites (tertiary alicyclic amines) is 1. The normalized spacial score (nSPS) is 37.4. The Hall–Kier alpha value is 0.390. The summed E-state index contributed by atoms with van der Waals surface area (Å²) in [5, 5.41) is 0. The first-order valence-corrected chi connectivity index (χ1v) is 15.0. The van der Waals surface area contributed by atoms with Crippen LogP contribution in [-0.2, 0) is 0 Å². The van der Waals surface area contributed by atoms with E-state index in [4.69, 9.17) is 0 Å². The zero-order chi connectivity index (χ0) is 18.8. The molecular formula is C26H46NP. The van der Waals surface area contributed by atoms with Gasteiger partial charge in [0.05, 0.1) is 0 Å². The summed E-state index contributed by atoms with van der Waals surface area (Å²) in [5.74, 6) is 2.12. The first-order chi connectivity index (χ1) is 13.9. The molecule has 0 N–H and O–H groups in total. The molecule has 5 fully saturated rings.